The molecule has 1 aliphatic heterocycles. The lowest BCUT2D eigenvalue weighted by Crippen LogP contribution is -2.50. The van der Waals surface area contributed by atoms with Crippen molar-refractivity contribution in [2.75, 3.05) is 39.8 Å². The van der Waals surface area contributed by atoms with E-state index in [1.165, 1.54) is 5.56 Å². The van der Waals surface area contributed by atoms with Crippen LogP contribution in [0, 0.1) is 0 Å². The van der Waals surface area contributed by atoms with Gasteiger partial charge in [0.25, 0.3) is 5.91 Å². The molecule has 1 aromatic carbocycles. The molecule has 0 bridgehead atoms. The van der Waals surface area contributed by atoms with Crippen molar-refractivity contribution in [1.29, 1.82) is 0 Å². The number of hydrogen-bond donors (Lipinski definition) is 0. The molecule has 7 nitrogen and oxygen atoms in total. The molecule has 0 atom stereocenters. The predicted octanol–water partition coefficient (Wildman–Crippen LogP) is 2.83. The monoisotopic (exact) mass is 385 g/mol. The van der Waals surface area contributed by atoms with Crippen LogP contribution in [0.15, 0.2) is 46.9 Å². The fourth-order valence-corrected chi connectivity index (χ4v) is 3.26. The van der Waals surface area contributed by atoms with Crippen molar-refractivity contribution >= 4 is 12.0 Å². The summed E-state index contributed by atoms with van der Waals surface area (Å²) in [6, 6.07) is 13.8. The van der Waals surface area contributed by atoms with Gasteiger partial charge >= 0.3 is 6.09 Å². The Hall–Kier alpha value is -2.80. The molecule has 0 saturated carbocycles. The number of benzene rings is 1. The van der Waals surface area contributed by atoms with Gasteiger partial charge in [-0.3, -0.25) is 9.69 Å². The molecule has 1 aliphatic rings. The standard InChI is InChI=1S/C21H27N3O4/c1-3-27-21(26)24-13-11-23(12-14-24)20(25)19-10-9-18(28-19)16-22(2)15-17-7-5-4-6-8-17/h4-10H,3,11-16H2,1-2H3. The Morgan fingerprint density at radius 2 is 1.68 bits per heavy atom. The Balaban J connectivity index is 1.51. The summed E-state index contributed by atoms with van der Waals surface area (Å²) in [6.07, 6.45) is -0.323. The van der Waals surface area contributed by atoms with Gasteiger partial charge in [0.2, 0.25) is 0 Å². The number of hydrogen-bond acceptors (Lipinski definition) is 5. The Bertz CT molecular complexity index is 782. The van der Waals surface area contributed by atoms with Gasteiger partial charge < -0.3 is 19.0 Å². The molecule has 0 spiro atoms. The first-order valence-corrected chi connectivity index (χ1v) is 9.59. The SMILES string of the molecule is CCOC(=O)N1CCN(C(=O)c2ccc(CN(C)Cc3ccccc3)o2)CC1. The number of carbonyl (C=O) groups excluding carboxylic acids is 2. The minimum absolute atomic E-state index is 0.138. The van der Waals surface area contributed by atoms with E-state index in [2.05, 4.69) is 17.0 Å². The molecule has 3 rings (SSSR count). The van der Waals surface area contributed by atoms with E-state index in [4.69, 9.17) is 9.15 Å². The zero-order valence-electron chi connectivity index (χ0n) is 16.5. The van der Waals surface area contributed by atoms with Crippen molar-refractivity contribution < 1.29 is 18.7 Å². The molecule has 2 amide bonds. The number of ether oxygens (including phenoxy) is 1. The molecular weight excluding hydrogens is 358 g/mol. The second-order valence-electron chi connectivity index (χ2n) is 6.90. The van der Waals surface area contributed by atoms with Crippen LogP contribution < -0.4 is 0 Å². The van der Waals surface area contributed by atoms with Gasteiger partial charge in [0, 0.05) is 32.7 Å². The van der Waals surface area contributed by atoms with E-state index in [1.54, 1.807) is 22.8 Å². The lowest BCUT2D eigenvalue weighted by molar-refractivity contribution is 0.0544. The average molecular weight is 385 g/mol. The molecule has 1 fully saturated rings. The van der Waals surface area contributed by atoms with Crippen LogP contribution in [0.2, 0.25) is 0 Å². The van der Waals surface area contributed by atoms with E-state index in [1.807, 2.05) is 31.3 Å². The molecule has 1 saturated heterocycles. The summed E-state index contributed by atoms with van der Waals surface area (Å²) in [5, 5.41) is 0. The second-order valence-corrected chi connectivity index (χ2v) is 6.90. The van der Waals surface area contributed by atoms with E-state index in [9.17, 15) is 9.59 Å². The first-order chi connectivity index (χ1) is 13.6. The van der Waals surface area contributed by atoms with Crippen molar-refractivity contribution in [3.8, 4) is 0 Å². The van der Waals surface area contributed by atoms with Crippen LogP contribution in [0.25, 0.3) is 0 Å². The van der Waals surface area contributed by atoms with Crippen molar-refractivity contribution in [1.82, 2.24) is 14.7 Å². The van der Waals surface area contributed by atoms with Gasteiger partial charge in [-0.25, -0.2) is 4.79 Å². The normalized spacial score (nSPS) is 14.4. The lowest BCUT2D eigenvalue weighted by atomic mass is 10.2. The third-order valence-electron chi connectivity index (χ3n) is 4.69. The molecule has 28 heavy (non-hydrogen) atoms. The number of carbonyl (C=O) groups is 2. The molecule has 150 valence electrons. The third kappa shape index (κ3) is 5.13. The van der Waals surface area contributed by atoms with Crippen molar-refractivity contribution in [3.63, 3.8) is 0 Å². The summed E-state index contributed by atoms with van der Waals surface area (Å²) in [7, 11) is 2.02. The zero-order chi connectivity index (χ0) is 19.9. The number of amides is 2. The van der Waals surface area contributed by atoms with Crippen LogP contribution in [-0.4, -0.2) is 66.5 Å². The largest absolute Gasteiger partial charge is 0.455 e. The molecule has 0 N–H and O–H groups in total. The van der Waals surface area contributed by atoms with Crippen LogP contribution in [0.3, 0.4) is 0 Å². The molecule has 1 aromatic heterocycles. The molecule has 0 radical (unpaired) electrons. The van der Waals surface area contributed by atoms with Crippen LogP contribution in [0.4, 0.5) is 4.79 Å². The maximum atomic E-state index is 12.7. The molecule has 0 unspecified atom stereocenters. The summed E-state index contributed by atoms with van der Waals surface area (Å²) >= 11 is 0. The van der Waals surface area contributed by atoms with Crippen LogP contribution >= 0.6 is 0 Å². The lowest BCUT2D eigenvalue weighted by Gasteiger charge is -2.33. The predicted molar refractivity (Wildman–Crippen MR) is 105 cm³/mol. The van der Waals surface area contributed by atoms with Gasteiger partial charge in [0.15, 0.2) is 5.76 Å². The van der Waals surface area contributed by atoms with Gasteiger partial charge in [0.05, 0.1) is 13.2 Å². The van der Waals surface area contributed by atoms with Gasteiger partial charge in [-0.15, -0.1) is 0 Å². The van der Waals surface area contributed by atoms with Crippen molar-refractivity contribution in [2.24, 2.45) is 0 Å². The van der Waals surface area contributed by atoms with Gasteiger partial charge in [-0.1, -0.05) is 30.3 Å². The zero-order valence-corrected chi connectivity index (χ0v) is 16.5. The fraction of sp³-hybridized carbons (Fsp3) is 0.429. The molecule has 0 aliphatic carbocycles. The van der Waals surface area contributed by atoms with Crippen LogP contribution in [0.5, 0.6) is 0 Å². The van der Waals surface area contributed by atoms with Gasteiger partial charge in [-0.05, 0) is 31.7 Å². The molecular formula is C21H27N3O4. The Labute approximate surface area is 165 Å². The molecule has 2 aromatic rings. The number of piperazine rings is 1. The number of rotatable bonds is 6. The quantitative estimate of drug-likeness (QED) is 0.765. The van der Waals surface area contributed by atoms with Crippen molar-refractivity contribution in [3.05, 3.63) is 59.5 Å². The highest BCUT2D eigenvalue weighted by Gasteiger charge is 2.27. The van der Waals surface area contributed by atoms with E-state index >= 15 is 0 Å². The van der Waals surface area contributed by atoms with E-state index in [0.717, 1.165) is 12.3 Å². The van der Waals surface area contributed by atoms with E-state index < -0.39 is 0 Å². The average Bonchev–Trinajstić information content (AvgIpc) is 3.16. The Kier molecular flexibility index (Phi) is 6.71. The summed E-state index contributed by atoms with van der Waals surface area (Å²) in [4.78, 5) is 29.9. The van der Waals surface area contributed by atoms with Crippen LogP contribution in [0.1, 0.15) is 28.8 Å². The number of nitrogens with zero attached hydrogens (tertiary/aromatic N) is 3. The first-order valence-electron chi connectivity index (χ1n) is 9.59. The number of furan rings is 1. The van der Waals surface area contributed by atoms with Gasteiger partial charge in [-0.2, -0.15) is 0 Å². The maximum absolute atomic E-state index is 12.7. The Morgan fingerprint density at radius 1 is 1.00 bits per heavy atom. The highest BCUT2D eigenvalue weighted by molar-refractivity contribution is 5.91. The summed E-state index contributed by atoms with van der Waals surface area (Å²) < 4.78 is 10.8. The second kappa shape index (κ2) is 9.41. The van der Waals surface area contributed by atoms with Crippen LogP contribution in [-0.2, 0) is 17.8 Å². The minimum Gasteiger partial charge on any atom is -0.455 e. The highest BCUT2D eigenvalue weighted by Crippen LogP contribution is 2.15. The minimum atomic E-state index is -0.323. The summed E-state index contributed by atoms with van der Waals surface area (Å²) in [5.41, 5.74) is 1.23. The van der Waals surface area contributed by atoms with E-state index in [-0.39, 0.29) is 12.0 Å². The van der Waals surface area contributed by atoms with E-state index in [0.29, 0.717) is 45.1 Å². The fourth-order valence-electron chi connectivity index (χ4n) is 3.26. The molecule has 2 heterocycles. The smallest absolute Gasteiger partial charge is 0.409 e. The molecule has 7 heteroatoms. The third-order valence-corrected chi connectivity index (χ3v) is 4.69. The highest BCUT2D eigenvalue weighted by atomic mass is 16.6. The topological polar surface area (TPSA) is 66.2 Å². The van der Waals surface area contributed by atoms with Crippen molar-refractivity contribution in [2.45, 2.75) is 20.0 Å². The summed E-state index contributed by atoms with van der Waals surface area (Å²) in [5.74, 6) is 0.958. The van der Waals surface area contributed by atoms with Gasteiger partial charge in [0.1, 0.15) is 5.76 Å². The first kappa shape index (κ1) is 19.9. The maximum Gasteiger partial charge on any atom is 0.409 e. The Morgan fingerprint density at radius 3 is 2.36 bits per heavy atom. The summed E-state index contributed by atoms with van der Waals surface area (Å²) in [6.45, 7) is 5.45.